The van der Waals surface area contributed by atoms with Crippen LogP contribution >= 0.6 is 11.6 Å². The fraction of sp³-hybridized carbons (Fsp3) is 0.0769. The Hall–Kier alpha value is -2.47. The van der Waals surface area contributed by atoms with Crippen molar-refractivity contribution >= 4 is 23.4 Å². The van der Waals surface area contributed by atoms with E-state index in [1.54, 1.807) is 24.3 Å². The molecule has 7 heteroatoms. The molecule has 0 atom stereocenters. The van der Waals surface area contributed by atoms with Crippen LogP contribution in [0.3, 0.4) is 0 Å². The standard InChI is InChI=1S/C13H11ClN4O2/c1-20-13(19)7-2-3-8(9(6-7)12(15)16)10-4-5-11(14)18-17-10/h2-6H,1H3,(H3,15,16). The average Bonchev–Trinajstić information content (AvgIpc) is 2.46. The maximum atomic E-state index is 11.5. The number of rotatable bonds is 3. The SMILES string of the molecule is COC(=O)c1ccc(-c2ccc(Cl)nn2)c(C(=N)N)c1. The molecule has 1 aromatic carbocycles. The van der Waals surface area contributed by atoms with E-state index in [0.29, 0.717) is 22.4 Å². The highest BCUT2D eigenvalue weighted by atomic mass is 35.5. The molecule has 2 aromatic rings. The first-order chi connectivity index (χ1) is 9.52. The Morgan fingerprint density at radius 3 is 2.60 bits per heavy atom. The minimum atomic E-state index is -0.499. The number of aromatic nitrogens is 2. The van der Waals surface area contributed by atoms with Gasteiger partial charge in [-0.15, -0.1) is 10.2 Å². The van der Waals surface area contributed by atoms with E-state index in [-0.39, 0.29) is 11.0 Å². The highest BCUT2D eigenvalue weighted by molar-refractivity contribution is 6.29. The van der Waals surface area contributed by atoms with Crippen LogP contribution in [-0.4, -0.2) is 29.1 Å². The average molecular weight is 291 g/mol. The highest BCUT2D eigenvalue weighted by Gasteiger charge is 2.14. The van der Waals surface area contributed by atoms with E-state index in [0.717, 1.165) is 0 Å². The molecule has 3 N–H and O–H groups in total. The summed E-state index contributed by atoms with van der Waals surface area (Å²) in [5, 5.41) is 15.6. The zero-order valence-electron chi connectivity index (χ0n) is 10.6. The van der Waals surface area contributed by atoms with E-state index in [1.165, 1.54) is 13.2 Å². The molecule has 20 heavy (non-hydrogen) atoms. The summed E-state index contributed by atoms with van der Waals surface area (Å²) in [6, 6.07) is 7.95. The van der Waals surface area contributed by atoms with Crippen molar-refractivity contribution in [2.24, 2.45) is 5.73 Å². The number of amidine groups is 1. The van der Waals surface area contributed by atoms with Crippen LogP contribution in [-0.2, 0) is 4.74 Å². The molecule has 0 aliphatic rings. The van der Waals surface area contributed by atoms with Crippen LogP contribution in [0.5, 0.6) is 0 Å². The van der Waals surface area contributed by atoms with Crippen LogP contribution in [0.25, 0.3) is 11.3 Å². The Balaban J connectivity index is 2.56. The molecule has 2 rings (SSSR count). The summed E-state index contributed by atoms with van der Waals surface area (Å²) in [6.07, 6.45) is 0. The predicted octanol–water partition coefficient (Wildman–Crippen LogP) is 1.87. The van der Waals surface area contributed by atoms with Crippen molar-refractivity contribution in [3.8, 4) is 11.3 Å². The number of carbonyl (C=O) groups excluding carboxylic acids is 1. The molecule has 0 amide bonds. The quantitative estimate of drug-likeness (QED) is 0.510. The molecule has 0 saturated carbocycles. The van der Waals surface area contributed by atoms with Gasteiger partial charge in [0, 0.05) is 11.1 Å². The Morgan fingerprint density at radius 1 is 1.30 bits per heavy atom. The highest BCUT2D eigenvalue weighted by Crippen LogP contribution is 2.23. The van der Waals surface area contributed by atoms with Gasteiger partial charge < -0.3 is 10.5 Å². The van der Waals surface area contributed by atoms with Gasteiger partial charge in [0.05, 0.1) is 18.4 Å². The van der Waals surface area contributed by atoms with E-state index in [4.69, 9.17) is 22.7 Å². The number of halogens is 1. The van der Waals surface area contributed by atoms with Crippen LogP contribution in [0.15, 0.2) is 30.3 Å². The van der Waals surface area contributed by atoms with Gasteiger partial charge in [-0.05, 0) is 24.3 Å². The second-order valence-electron chi connectivity index (χ2n) is 3.91. The number of hydrogen-bond donors (Lipinski definition) is 2. The number of methoxy groups -OCH3 is 1. The Labute approximate surface area is 120 Å². The molecule has 102 valence electrons. The fourth-order valence-electron chi connectivity index (χ4n) is 1.69. The molecule has 0 aliphatic carbocycles. The lowest BCUT2D eigenvalue weighted by atomic mass is 10.0. The first kappa shape index (κ1) is 14.0. The Kier molecular flexibility index (Phi) is 3.95. The molecule has 0 unspecified atom stereocenters. The molecule has 0 fully saturated rings. The van der Waals surface area contributed by atoms with Crippen LogP contribution in [0.2, 0.25) is 5.15 Å². The van der Waals surface area contributed by atoms with Gasteiger partial charge in [0.15, 0.2) is 5.15 Å². The number of nitrogen functional groups attached to an aromatic ring is 1. The molecule has 0 radical (unpaired) electrons. The minimum Gasteiger partial charge on any atom is -0.465 e. The Bertz CT molecular complexity index is 671. The van der Waals surface area contributed by atoms with Gasteiger partial charge in [-0.1, -0.05) is 17.7 Å². The molecular formula is C13H11ClN4O2. The number of benzene rings is 1. The first-order valence-corrected chi connectivity index (χ1v) is 5.97. The molecule has 6 nitrogen and oxygen atoms in total. The van der Waals surface area contributed by atoms with Crippen molar-refractivity contribution in [2.75, 3.05) is 7.11 Å². The normalized spacial score (nSPS) is 10.1. The van der Waals surface area contributed by atoms with Gasteiger partial charge >= 0.3 is 5.97 Å². The van der Waals surface area contributed by atoms with Gasteiger partial charge in [0.1, 0.15) is 5.84 Å². The van der Waals surface area contributed by atoms with Crippen molar-refractivity contribution < 1.29 is 9.53 Å². The lowest BCUT2D eigenvalue weighted by Crippen LogP contribution is -2.14. The Morgan fingerprint density at radius 2 is 2.05 bits per heavy atom. The lowest BCUT2D eigenvalue weighted by Gasteiger charge is -2.09. The third-order valence-electron chi connectivity index (χ3n) is 2.64. The smallest absolute Gasteiger partial charge is 0.337 e. The summed E-state index contributed by atoms with van der Waals surface area (Å²) in [5.74, 6) is -0.677. The van der Waals surface area contributed by atoms with E-state index in [2.05, 4.69) is 14.9 Å². The van der Waals surface area contributed by atoms with E-state index < -0.39 is 5.97 Å². The maximum Gasteiger partial charge on any atom is 0.337 e. The molecule has 0 saturated heterocycles. The summed E-state index contributed by atoms with van der Waals surface area (Å²) in [4.78, 5) is 11.5. The van der Waals surface area contributed by atoms with Gasteiger partial charge in [-0.25, -0.2) is 4.79 Å². The van der Waals surface area contributed by atoms with Crippen LogP contribution in [0.4, 0.5) is 0 Å². The number of nitrogens with two attached hydrogens (primary N) is 1. The second kappa shape index (κ2) is 5.66. The van der Waals surface area contributed by atoms with Crippen LogP contribution in [0, 0.1) is 5.41 Å². The largest absolute Gasteiger partial charge is 0.465 e. The number of carbonyl (C=O) groups is 1. The summed E-state index contributed by atoms with van der Waals surface area (Å²) in [5.41, 5.74) is 7.34. The summed E-state index contributed by atoms with van der Waals surface area (Å²) >= 11 is 5.69. The molecule has 1 heterocycles. The van der Waals surface area contributed by atoms with Crippen molar-refractivity contribution in [3.63, 3.8) is 0 Å². The number of nitrogens with one attached hydrogen (secondary N) is 1. The van der Waals surface area contributed by atoms with Crippen LogP contribution in [0.1, 0.15) is 15.9 Å². The van der Waals surface area contributed by atoms with Crippen molar-refractivity contribution in [1.29, 1.82) is 5.41 Å². The third-order valence-corrected chi connectivity index (χ3v) is 2.84. The van der Waals surface area contributed by atoms with Crippen molar-refractivity contribution in [1.82, 2.24) is 10.2 Å². The number of hydrogen-bond acceptors (Lipinski definition) is 5. The number of esters is 1. The van der Waals surface area contributed by atoms with Gasteiger partial charge in [-0.2, -0.15) is 0 Å². The summed E-state index contributed by atoms with van der Waals surface area (Å²) < 4.78 is 4.64. The van der Waals surface area contributed by atoms with Gasteiger partial charge in [0.25, 0.3) is 0 Å². The fourth-order valence-corrected chi connectivity index (χ4v) is 1.80. The zero-order chi connectivity index (χ0) is 14.7. The third kappa shape index (κ3) is 2.75. The van der Waals surface area contributed by atoms with Crippen molar-refractivity contribution in [2.45, 2.75) is 0 Å². The number of nitrogens with zero attached hydrogens (tertiary/aromatic N) is 2. The summed E-state index contributed by atoms with van der Waals surface area (Å²) in [7, 11) is 1.29. The van der Waals surface area contributed by atoms with Crippen LogP contribution < -0.4 is 5.73 Å². The number of ether oxygens (including phenoxy) is 1. The first-order valence-electron chi connectivity index (χ1n) is 5.59. The van der Waals surface area contributed by atoms with Gasteiger partial charge in [-0.3, -0.25) is 5.41 Å². The van der Waals surface area contributed by atoms with E-state index >= 15 is 0 Å². The second-order valence-corrected chi connectivity index (χ2v) is 4.29. The van der Waals surface area contributed by atoms with Gasteiger partial charge in [0.2, 0.25) is 0 Å². The minimum absolute atomic E-state index is 0.178. The van der Waals surface area contributed by atoms with Crippen molar-refractivity contribution in [3.05, 3.63) is 46.6 Å². The molecule has 0 bridgehead atoms. The topological polar surface area (TPSA) is 102 Å². The maximum absolute atomic E-state index is 11.5. The van der Waals surface area contributed by atoms with E-state index in [9.17, 15) is 4.79 Å². The molecule has 0 spiro atoms. The molecular weight excluding hydrogens is 280 g/mol. The predicted molar refractivity (Wildman–Crippen MR) is 74.8 cm³/mol. The zero-order valence-corrected chi connectivity index (χ0v) is 11.3. The lowest BCUT2D eigenvalue weighted by molar-refractivity contribution is 0.0600. The molecule has 1 aromatic heterocycles. The monoisotopic (exact) mass is 290 g/mol. The molecule has 0 aliphatic heterocycles. The van der Waals surface area contributed by atoms with E-state index in [1.807, 2.05) is 0 Å². The summed E-state index contributed by atoms with van der Waals surface area (Å²) in [6.45, 7) is 0.